The number of allylic oxidation sites excluding steroid dienone is 5. The molecule has 1 atom stereocenters. The van der Waals surface area contributed by atoms with Gasteiger partial charge >= 0.3 is 6.18 Å². The minimum atomic E-state index is -4.30. The molecule has 0 aliphatic rings. The molecule has 2 aromatic carbocycles. The molecule has 0 bridgehead atoms. The molecule has 2 aromatic rings. The van der Waals surface area contributed by atoms with Crippen LogP contribution in [0.15, 0.2) is 115 Å². The predicted molar refractivity (Wildman–Crippen MR) is 182 cm³/mol. The van der Waals surface area contributed by atoms with Gasteiger partial charge in [-0.25, -0.2) is 13.2 Å². The molecule has 0 aliphatic heterocycles. The number of benzene rings is 2. The molecule has 248 valence electrons. The van der Waals surface area contributed by atoms with Crippen molar-refractivity contribution in [3.63, 3.8) is 0 Å². The minimum Gasteiger partial charge on any atom is -0.259 e. The van der Waals surface area contributed by atoms with E-state index in [4.69, 9.17) is 11.6 Å². The molecular formula is C34H40ClF7N2S. The van der Waals surface area contributed by atoms with Crippen molar-refractivity contribution < 1.29 is 30.7 Å². The summed E-state index contributed by atoms with van der Waals surface area (Å²) in [5, 5.41) is 0. The molecule has 11 heteroatoms. The van der Waals surface area contributed by atoms with Crippen LogP contribution in [0, 0.1) is 5.82 Å². The van der Waals surface area contributed by atoms with Crippen LogP contribution in [-0.2, 0) is 12.0 Å². The highest BCUT2D eigenvalue weighted by Gasteiger charge is 2.39. The maximum atomic E-state index is 14.8. The molecule has 2 nitrogen and oxygen atoms in total. The topological polar surface area (TPSA) is 24.4 Å². The zero-order valence-corrected chi connectivity index (χ0v) is 27.1. The first-order valence-electron chi connectivity index (χ1n) is 13.3. The third-order valence-corrected chi connectivity index (χ3v) is 7.58. The van der Waals surface area contributed by atoms with Crippen molar-refractivity contribution in [2.45, 2.75) is 38.4 Å². The van der Waals surface area contributed by atoms with Gasteiger partial charge in [0.2, 0.25) is 0 Å². The molecular weight excluding hydrogens is 637 g/mol. The van der Waals surface area contributed by atoms with Crippen LogP contribution >= 0.6 is 21.0 Å². The van der Waals surface area contributed by atoms with E-state index >= 15 is 0 Å². The first-order valence-corrected chi connectivity index (χ1v) is 16.0. The monoisotopic (exact) mass is 676 g/mol. The Morgan fingerprint density at radius 3 is 2.11 bits per heavy atom. The van der Waals surface area contributed by atoms with Gasteiger partial charge in [0.1, 0.15) is 5.82 Å². The van der Waals surface area contributed by atoms with Gasteiger partial charge in [0.25, 0.3) is 6.43 Å². The summed E-state index contributed by atoms with van der Waals surface area (Å²) >= 11 is 5.96. The van der Waals surface area contributed by atoms with E-state index < -0.39 is 44.5 Å². The summed E-state index contributed by atoms with van der Waals surface area (Å²) in [5.74, 6) is 8.63. The Hall–Kier alpha value is -3.34. The first-order chi connectivity index (χ1) is 21.2. The van der Waals surface area contributed by atoms with Gasteiger partial charge in [-0.2, -0.15) is 22.6 Å². The van der Waals surface area contributed by atoms with Crippen LogP contribution < -0.4 is 4.72 Å². The highest BCUT2D eigenvalue weighted by molar-refractivity contribution is 8.26. The van der Waals surface area contributed by atoms with Crippen molar-refractivity contribution in [1.82, 2.24) is 4.72 Å². The van der Waals surface area contributed by atoms with E-state index in [2.05, 4.69) is 34.6 Å². The molecule has 0 saturated carbocycles. The summed E-state index contributed by atoms with van der Waals surface area (Å²) in [6.45, 7) is 9.33. The average molecular weight is 677 g/mol. The minimum absolute atomic E-state index is 0.215. The lowest BCUT2D eigenvalue weighted by Crippen LogP contribution is -2.49. The van der Waals surface area contributed by atoms with Gasteiger partial charge in [0, 0.05) is 35.4 Å². The maximum absolute atomic E-state index is 14.8. The van der Waals surface area contributed by atoms with Crippen molar-refractivity contribution >= 4 is 38.4 Å². The summed E-state index contributed by atoms with van der Waals surface area (Å²) in [6.07, 6.45) is 4.49. The Morgan fingerprint density at radius 2 is 1.64 bits per heavy atom. The number of hydrogen-bond acceptors (Lipinski definition) is 2. The van der Waals surface area contributed by atoms with Gasteiger partial charge in [-0.15, -0.1) is 11.6 Å². The molecule has 0 aromatic heterocycles. The Morgan fingerprint density at radius 1 is 1.02 bits per heavy atom. The van der Waals surface area contributed by atoms with Crippen LogP contribution in [0.25, 0.3) is 0 Å². The van der Waals surface area contributed by atoms with Gasteiger partial charge in [-0.1, -0.05) is 85.6 Å². The lowest BCUT2D eigenvalue weighted by atomic mass is 9.79. The quantitative estimate of drug-likeness (QED) is 0.0560. The molecule has 2 rings (SSSR count). The van der Waals surface area contributed by atoms with Crippen LogP contribution in [-0.4, -0.2) is 42.4 Å². The molecule has 0 amide bonds. The number of rotatable bonds is 13. The normalized spacial score (nSPS) is 13.7. The molecule has 0 radical (unpaired) electrons. The van der Waals surface area contributed by atoms with E-state index in [1.807, 2.05) is 56.3 Å². The van der Waals surface area contributed by atoms with Gasteiger partial charge in [-0.05, 0) is 49.2 Å². The predicted octanol–water partition coefficient (Wildman–Crippen LogP) is 10.6. The fourth-order valence-electron chi connectivity index (χ4n) is 3.79. The third kappa shape index (κ3) is 14.5. The zero-order chi connectivity index (χ0) is 34.7. The second kappa shape index (κ2) is 20.6. The molecule has 0 fully saturated rings. The van der Waals surface area contributed by atoms with E-state index in [1.54, 1.807) is 24.4 Å². The molecule has 0 heterocycles. The molecule has 0 aliphatic carbocycles. The fourth-order valence-corrected chi connectivity index (χ4v) is 5.56. The molecule has 1 N–H and O–H groups in total. The van der Waals surface area contributed by atoms with Crippen molar-refractivity contribution in [2.75, 3.05) is 18.8 Å². The number of halogens is 8. The number of nitrogens with one attached hydrogen (secondary N) is 1. The highest BCUT2D eigenvalue weighted by Crippen LogP contribution is 2.37. The highest BCUT2D eigenvalue weighted by atomic mass is 35.5. The van der Waals surface area contributed by atoms with E-state index in [0.717, 1.165) is 11.6 Å². The van der Waals surface area contributed by atoms with Crippen LogP contribution in [0.5, 0.6) is 0 Å². The summed E-state index contributed by atoms with van der Waals surface area (Å²) in [4.78, 5) is 4.65. The van der Waals surface area contributed by atoms with Crippen LogP contribution in [0.3, 0.4) is 0 Å². The molecule has 45 heavy (non-hydrogen) atoms. The number of hydrogen-bond donors (Lipinski definition) is 1. The maximum Gasteiger partial charge on any atom is 0.415 e. The van der Waals surface area contributed by atoms with Gasteiger partial charge in [0.05, 0.1) is 18.4 Å². The van der Waals surface area contributed by atoms with Crippen molar-refractivity contribution in [3.8, 4) is 0 Å². The second-order valence-electron chi connectivity index (χ2n) is 9.31. The Labute approximate surface area is 268 Å². The van der Waals surface area contributed by atoms with Gasteiger partial charge < -0.3 is 0 Å². The van der Waals surface area contributed by atoms with Gasteiger partial charge in [-0.3, -0.25) is 14.1 Å². The number of alkyl halides is 7. The summed E-state index contributed by atoms with van der Waals surface area (Å²) in [6, 6.07) is 13.0. The van der Waals surface area contributed by atoms with E-state index in [1.165, 1.54) is 12.1 Å². The Bertz CT molecular complexity index is 1430. The summed E-state index contributed by atoms with van der Waals surface area (Å²) in [7, 11) is -1.53. The smallest absolute Gasteiger partial charge is 0.259 e. The summed E-state index contributed by atoms with van der Waals surface area (Å²) < 4.78 is 89.2. The van der Waals surface area contributed by atoms with Crippen LogP contribution in [0.4, 0.5) is 30.7 Å². The number of aliphatic imine (C=N–C) groups is 1. The third-order valence-electron chi connectivity index (χ3n) is 5.79. The fraction of sp³-hybridized carbons (Fsp3) is 0.265. The first kappa shape index (κ1) is 41.7. The molecule has 0 spiro atoms. The van der Waals surface area contributed by atoms with Gasteiger partial charge in [0.15, 0.2) is 0 Å². The SMILES string of the molecule is C=CC(=C)C(F)(F)F.C=S(=C)(C/C=C\C)N[C@@](Cc1ccccc1)(C(/C=C\CCl)=N/C=C/C)c1cc(F)cc(C(F)F)c1.CF. The van der Waals surface area contributed by atoms with E-state index in [-0.39, 0.29) is 5.88 Å². The lowest BCUT2D eigenvalue weighted by Gasteiger charge is -2.39. The van der Waals surface area contributed by atoms with Crippen molar-refractivity contribution in [3.05, 3.63) is 132 Å². The van der Waals surface area contributed by atoms with Crippen molar-refractivity contribution in [1.29, 1.82) is 0 Å². The van der Waals surface area contributed by atoms with E-state index in [0.29, 0.717) is 36.7 Å². The van der Waals surface area contributed by atoms with Crippen molar-refractivity contribution in [2.24, 2.45) is 4.99 Å². The molecule has 0 unspecified atom stereocenters. The summed E-state index contributed by atoms with van der Waals surface area (Å²) in [5.41, 5.74) is -0.850. The second-order valence-corrected chi connectivity index (χ2v) is 12.2. The van der Waals surface area contributed by atoms with E-state index in [9.17, 15) is 30.7 Å². The van der Waals surface area contributed by atoms with Crippen LogP contribution in [0.2, 0.25) is 0 Å². The lowest BCUT2D eigenvalue weighted by molar-refractivity contribution is -0.0877. The zero-order valence-electron chi connectivity index (χ0n) is 25.6. The molecule has 0 saturated heterocycles. The number of nitrogens with zero attached hydrogens (tertiary/aromatic N) is 1. The largest absolute Gasteiger partial charge is 0.415 e. The average Bonchev–Trinajstić information content (AvgIpc) is 3.00. The Balaban J connectivity index is 0.00000168. The Kier molecular flexibility index (Phi) is 19.1. The standard InChI is InChI=1S/C28H32ClF3N2S.C5H5F3.CH3F/c1-5-7-17-35(3,4)34-28(21-22-12-9-8-10-13-22,26(14-11-15-29)33-16-6-2)24-18-23(27(31)32)19-25(30)20-24;1-3-4(2)5(6,7)8;1-2/h5-14,16,18-20,27,34H,3-4,15,17,21H2,1-2H3;3H,1-2H2;1H3/b7-5-,14-11-,16-6+,33-26+;;/t28-;;/m1../s1. The van der Waals surface area contributed by atoms with Crippen LogP contribution in [0.1, 0.15) is 37.0 Å².